The minimum absolute atomic E-state index is 0.00699. The molecule has 1 aromatic carbocycles. The second-order valence-corrected chi connectivity index (χ2v) is 6.78. The van der Waals surface area contributed by atoms with Crippen LogP contribution in [0, 0.1) is 9.49 Å². The van der Waals surface area contributed by atoms with Crippen molar-refractivity contribution >= 4 is 44.4 Å². The van der Waals surface area contributed by atoms with Crippen molar-refractivity contribution in [2.45, 2.75) is 25.9 Å². The number of carbonyl (C=O) groups excluding carboxylic acids is 1. The lowest BCUT2D eigenvalue weighted by Crippen LogP contribution is -2.33. The van der Waals surface area contributed by atoms with Crippen molar-refractivity contribution in [1.29, 1.82) is 0 Å². The highest BCUT2D eigenvalue weighted by molar-refractivity contribution is 14.1. The number of hydrogen-bond acceptors (Lipinski definition) is 2. The third-order valence-corrected chi connectivity index (χ3v) is 4.88. The number of hydrogen-bond donors (Lipinski definition) is 1. The van der Waals surface area contributed by atoms with Crippen molar-refractivity contribution in [2.24, 2.45) is 5.92 Å². The molecule has 2 unspecified atom stereocenters. The van der Waals surface area contributed by atoms with E-state index in [1.807, 2.05) is 18.2 Å². The van der Waals surface area contributed by atoms with Crippen LogP contribution >= 0.6 is 38.5 Å². The molecule has 1 aliphatic heterocycles. The molecule has 3 nitrogen and oxygen atoms in total. The quantitative estimate of drug-likeness (QED) is 0.731. The number of amides is 1. The summed E-state index contributed by atoms with van der Waals surface area (Å²) in [6.45, 7) is 3.63. The Balaban J connectivity index is 1.96. The van der Waals surface area contributed by atoms with E-state index in [0.717, 1.165) is 33.1 Å². The predicted octanol–water partition coefficient (Wildman–Crippen LogP) is 3.60. The van der Waals surface area contributed by atoms with Crippen molar-refractivity contribution in [3.63, 3.8) is 0 Å². The third-order valence-electron chi connectivity index (χ3n) is 3.45. The fourth-order valence-corrected chi connectivity index (χ4v) is 3.31. The zero-order valence-electron chi connectivity index (χ0n) is 10.8. The molecule has 5 heteroatoms. The Bertz CT molecular complexity index is 467. The summed E-state index contributed by atoms with van der Waals surface area (Å²) in [6, 6.07) is 5.74. The number of halogens is 2. The number of rotatable bonds is 4. The van der Waals surface area contributed by atoms with Gasteiger partial charge in [-0.25, -0.2) is 0 Å². The Kier molecular flexibility index (Phi) is 5.65. The van der Waals surface area contributed by atoms with Crippen molar-refractivity contribution in [3.05, 3.63) is 31.8 Å². The van der Waals surface area contributed by atoms with E-state index in [4.69, 9.17) is 4.74 Å². The Hall–Kier alpha value is -0.140. The molecule has 1 fully saturated rings. The lowest BCUT2D eigenvalue weighted by atomic mass is 9.99. The fraction of sp³-hybridized carbons (Fsp3) is 0.500. The minimum atomic E-state index is -0.00699. The monoisotopic (exact) mass is 437 g/mol. The van der Waals surface area contributed by atoms with Gasteiger partial charge in [0.05, 0.1) is 11.7 Å². The highest BCUT2D eigenvalue weighted by atomic mass is 127. The van der Waals surface area contributed by atoms with Gasteiger partial charge in [-0.1, -0.05) is 22.9 Å². The Labute approximate surface area is 135 Å². The molecule has 1 N–H and O–H groups in total. The second-order valence-electron chi connectivity index (χ2n) is 4.70. The smallest absolute Gasteiger partial charge is 0.252 e. The summed E-state index contributed by atoms with van der Waals surface area (Å²) < 4.78 is 7.53. The van der Waals surface area contributed by atoms with Crippen LogP contribution in [-0.2, 0) is 4.74 Å². The van der Waals surface area contributed by atoms with Gasteiger partial charge in [-0.05, 0) is 53.6 Å². The first-order chi connectivity index (χ1) is 9.11. The fourth-order valence-electron chi connectivity index (χ4n) is 2.37. The zero-order valence-corrected chi connectivity index (χ0v) is 14.5. The molecule has 0 spiro atoms. The molecule has 0 saturated carbocycles. The summed E-state index contributed by atoms with van der Waals surface area (Å²) in [5.74, 6) is 0.436. The first kappa shape index (κ1) is 15.3. The van der Waals surface area contributed by atoms with E-state index in [1.54, 1.807) is 0 Å². The van der Waals surface area contributed by atoms with Crippen LogP contribution in [0.15, 0.2) is 22.7 Å². The van der Waals surface area contributed by atoms with E-state index in [2.05, 4.69) is 50.8 Å². The summed E-state index contributed by atoms with van der Waals surface area (Å²) in [5.41, 5.74) is 0.724. The van der Waals surface area contributed by atoms with Gasteiger partial charge < -0.3 is 10.1 Å². The molecule has 19 heavy (non-hydrogen) atoms. The van der Waals surface area contributed by atoms with Gasteiger partial charge in [0, 0.05) is 27.1 Å². The maximum Gasteiger partial charge on any atom is 0.252 e. The van der Waals surface area contributed by atoms with E-state index in [1.165, 1.54) is 0 Å². The average Bonchev–Trinajstić information content (AvgIpc) is 2.86. The molecular weight excluding hydrogens is 421 g/mol. The van der Waals surface area contributed by atoms with Gasteiger partial charge in [0.2, 0.25) is 0 Å². The second kappa shape index (κ2) is 7.04. The summed E-state index contributed by atoms with van der Waals surface area (Å²) in [4.78, 5) is 12.2. The Morgan fingerprint density at radius 3 is 3.11 bits per heavy atom. The van der Waals surface area contributed by atoms with Crippen LogP contribution in [0.2, 0.25) is 0 Å². The van der Waals surface area contributed by atoms with Crippen LogP contribution in [0.3, 0.4) is 0 Å². The van der Waals surface area contributed by atoms with E-state index >= 15 is 0 Å². The number of ether oxygens (including phenoxy) is 1. The molecule has 0 bridgehead atoms. The van der Waals surface area contributed by atoms with Crippen molar-refractivity contribution in [3.8, 4) is 0 Å². The normalized spacial score (nSPS) is 22.5. The molecule has 2 atom stereocenters. The topological polar surface area (TPSA) is 38.3 Å². The van der Waals surface area contributed by atoms with Crippen LogP contribution in [0.4, 0.5) is 0 Å². The van der Waals surface area contributed by atoms with Gasteiger partial charge in [0.15, 0.2) is 0 Å². The van der Waals surface area contributed by atoms with Crippen LogP contribution in [0.25, 0.3) is 0 Å². The molecule has 1 heterocycles. The highest BCUT2D eigenvalue weighted by Gasteiger charge is 2.27. The third kappa shape index (κ3) is 3.92. The van der Waals surface area contributed by atoms with Crippen molar-refractivity contribution < 1.29 is 9.53 Å². The first-order valence-electron chi connectivity index (χ1n) is 6.46. The van der Waals surface area contributed by atoms with Gasteiger partial charge in [0.25, 0.3) is 5.91 Å². The lowest BCUT2D eigenvalue weighted by molar-refractivity contribution is 0.0826. The van der Waals surface area contributed by atoms with Gasteiger partial charge in [-0.2, -0.15) is 0 Å². The molecular formula is C14H17BrINO2. The molecule has 1 saturated heterocycles. The van der Waals surface area contributed by atoms with Gasteiger partial charge in [0.1, 0.15) is 0 Å². The predicted molar refractivity (Wildman–Crippen MR) is 87.3 cm³/mol. The molecule has 1 amide bonds. The standard InChI is InChI=1S/C14H17BrINO2/c1-2-13-9(5-6-19-13)8-17-14(18)11-7-10(15)3-4-12(11)16/h3-4,7,9,13H,2,5-6,8H2,1H3,(H,17,18). The van der Waals surface area contributed by atoms with Crippen molar-refractivity contribution in [2.75, 3.05) is 13.2 Å². The largest absolute Gasteiger partial charge is 0.378 e. The summed E-state index contributed by atoms with van der Waals surface area (Å²) in [5, 5.41) is 3.03. The summed E-state index contributed by atoms with van der Waals surface area (Å²) in [6.07, 6.45) is 2.34. The van der Waals surface area contributed by atoms with Crippen LogP contribution < -0.4 is 5.32 Å². The molecule has 1 aliphatic rings. The van der Waals surface area contributed by atoms with E-state index in [9.17, 15) is 4.79 Å². The molecule has 0 radical (unpaired) electrons. The molecule has 1 aromatic rings. The maximum atomic E-state index is 12.2. The van der Waals surface area contributed by atoms with Crippen molar-refractivity contribution in [1.82, 2.24) is 5.32 Å². The van der Waals surface area contributed by atoms with Crippen LogP contribution in [-0.4, -0.2) is 25.2 Å². The number of benzene rings is 1. The van der Waals surface area contributed by atoms with Crippen LogP contribution in [0.5, 0.6) is 0 Å². The maximum absolute atomic E-state index is 12.2. The molecule has 2 rings (SSSR count). The van der Waals surface area contributed by atoms with Gasteiger partial charge in [-0.15, -0.1) is 0 Å². The van der Waals surface area contributed by atoms with E-state index in [0.29, 0.717) is 18.6 Å². The lowest BCUT2D eigenvalue weighted by Gasteiger charge is -2.17. The SMILES string of the molecule is CCC1OCCC1CNC(=O)c1cc(Br)ccc1I. The summed E-state index contributed by atoms with van der Waals surface area (Å²) in [7, 11) is 0. The summed E-state index contributed by atoms with van der Waals surface area (Å²) >= 11 is 5.58. The first-order valence-corrected chi connectivity index (χ1v) is 8.33. The highest BCUT2D eigenvalue weighted by Crippen LogP contribution is 2.23. The Morgan fingerprint density at radius 2 is 2.37 bits per heavy atom. The van der Waals surface area contributed by atoms with E-state index < -0.39 is 0 Å². The molecule has 104 valence electrons. The van der Waals surface area contributed by atoms with Gasteiger partial charge in [-0.3, -0.25) is 4.79 Å². The average molecular weight is 438 g/mol. The Morgan fingerprint density at radius 1 is 1.58 bits per heavy atom. The minimum Gasteiger partial charge on any atom is -0.378 e. The van der Waals surface area contributed by atoms with Gasteiger partial charge >= 0.3 is 0 Å². The van der Waals surface area contributed by atoms with E-state index in [-0.39, 0.29) is 5.91 Å². The molecule has 0 aromatic heterocycles. The molecule has 0 aliphatic carbocycles. The number of nitrogens with one attached hydrogen (secondary N) is 1. The van der Waals surface area contributed by atoms with Crippen LogP contribution in [0.1, 0.15) is 30.1 Å². The number of carbonyl (C=O) groups is 1. The zero-order chi connectivity index (χ0) is 13.8.